The summed E-state index contributed by atoms with van der Waals surface area (Å²) in [6, 6.07) is 3.79. The summed E-state index contributed by atoms with van der Waals surface area (Å²) >= 11 is 0. The third-order valence-corrected chi connectivity index (χ3v) is 4.67. The molecule has 0 aromatic heterocycles. The van der Waals surface area contributed by atoms with E-state index in [1.54, 1.807) is 0 Å². The fourth-order valence-electron chi connectivity index (χ4n) is 1.38. The first kappa shape index (κ1) is 14.1. The highest BCUT2D eigenvalue weighted by atomic mass is 32.2. The summed E-state index contributed by atoms with van der Waals surface area (Å²) < 4.78 is 46.0. The van der Waals surface area contributed by atoms with Crippen LogP contribution in [-0.4, -0.2) is 34.5 Å². The molecule has 96 valence electrons. The Balaban J connectivity index is 3.67. The van der Waals surface area contributed by atoms with Crippen molar-refractivity contribution in [2.45, 2.75) is 22.8 Å². The van der Waals surface area contributed by atoms with E-state index in [1.807, 2.05) is 0 Å². The molecule has 0 amide bonds. The lowest BCUT2D eigenvalue weighted by Gasteiger charge is -2.10. The third-order valence-electron chi connectivity index (χ3n) is 2.25. The van der Waals surface area contributed by atoms with Gasteiger partial charge in [0.1, 0.15) is 0 Å². The zero-order chi connectivity index (χ0) is 13.4. The fraction of sp³-hybridized carbons (Fsp3) is 0.400. The number of benzene rings is 1. The van der Waals surface area contributed by atoms with Gasteiger partial charge in [-0.05, 0) is 24.6 Å². The molecular formula is C10H14O5S2. The Bertz CT molecular complexity index is 627. The summed E-state index contributed by atoms with van der Waals surface area (Å²) in [5.41, 5.74) is 0.359. The van der Waals surface area contributed by atoms with Crippen LogP contribution in [0.15, 0.2) is 28.0 Å². The largest absolute Gasteiger partial charge is 0.389 e. The molecule has 0 aliphatic carbocycles. The minimum Gasteiger partial charge on any atom is -0.389 e. The minimum absolute atomic E-state index is 0.246. The van der Waals surface area contributed by atoms with Gasteiger partial charge in [0, 0.05) is 12.5 Å². The van der Waals surface area contributed by atoms with E-state index in [4.69, 9.17) is 0 Å². The Morgan fingerprint density at radius 2 is 1.47 bits per heavy atom. The smallest absolute Gasteiger partial charge is 0.176 e. The van der Waals surface area contributed by atoms with Gasteiger partial charge in [-0.1, -0.05) is 6.07 Å². The maximum atomic E-state index is 11.5. The number of hydrogen-bond donors (Lipinski definition) is 1. The average Bonchev–Trinajstić information content (AvgIpc) is 2.14. The summed E-state index contributed by atoms with van der Waals surface area (Å²) in [7, 11) is -7.28. The van der Waals surface area contributed by atoms with Gasteiger partial charge in [0.15, 0.2) is 19.7 Å². The molecule has 1 N–H and O–H groups in total. The fourth-order valence-corrected chi connectivity index (χ4v) is 3.81. The predicted molar refractivity (Wildman–Crippen MR) is 63.3 cm³/mol. The molecule has 0 fully saturated rings. The van der Waals surface area contributed by atoms with Crippen molar-refractivity contribution in [3.8, 4) is 0 Å². The number of rotatable bonds is 3. The molecule has 1 aromatic carbocycles. The lowest BCUT2D eigenvalue weighted by molar-refractivity contribution is 0.199. The van der Waals surface area contributed by atoms with E-state index in [9.17, 15) is 21.9 Å². The van der Waals surface area contributed by atoms with Crippen LogP contribution in [-0.2, 0) is 19.7 Å². The summed E-state index contributed by atoms with van der Waals surface area (Å²) in [6.45, 7) is 1.47. The zero-order valence-corrected chi connectivity index (χ0v) is 11.3. The van der Waals surface area contributed by atoms with Gasteiger partial charge in [0.05, 0.1) is 15.9 Å². The monoisotopic (exact) mass is 278 g/mol. The number of aliphatic hydroxyl groups excluding tert-OH is 1. The molecule has 0 saturated heterocycles. The van der Waals surface area contributed by atoms with E-state index in [0.29, 0.717) is 5.56 Å². The highest BCUT2D eigenvalue weighted by Crippen LogP contribution is 2.25. The molecule has 17 heavy (non-hydrogen) atoms. The van der Waals surface area contributed by atoms with Crippen molar-refractivity contribution in [3.05, 3.63) is 23.8 Å². The SMILES string of the molecule is CC(O)c1ccc(S(C)(=O)=O)c(S(C)(=O)=O)c1. The van der Waals surface area contributed by atoms with Crippen molar-refractivity contribution in [1.82, 2.24) is 0 Å². The number of sulfone groups is 2. The van der Waals surface area contributed by atoms with Crippen molar-refractivity contribution in [2.24, 2.45) is 0 Å². The van der Waals surface area contributed by atoms with E-state index in [1.165, 1.54) is 25.1 Å². The maximum Gasteiger partial charge on any atom is 0.176 e. The number of aliphatic hydroxyl groups is 1. The lowest BCUT2D eigenvalue weighted by Crippen LogP contribution is -2.08. The van der Waals surface area contributed by atoms with Gasteiger partial charge in [-0.3, -0.25) is 0 Å². The van der Waals surface area contributed by atoms with Crippen LogP contribution in [0.25, 0.3) is 0 Å². The van der Waals surface area contributed by atoms with Crippen molar-refractivity contribution < 1.29 is 21.9 Å². The summed E-state index contributed by atoms with van der Waals surface area (Å²) in [5.74, 6) is 0. The van der Waals surface area contributed by atoms with Crippen LogP contribution in [0.3, 0.4) is 0 Å². The van der Waals surface area contributed by atoms with E-state index < -0.39 is 25.8 Å². The molecule has 1 unspecified atom stereocenters. The van der Waals surface area contributed by atoms with Gasteiger partial charge in [0.25, 0.3) is 0 Å². The molecule has 1 atom stereocenters. The van der Waals surface area contributed by atoms with E-state index in [0.717, 1.165) is 12.5 Å². The van der Waals surface area contributed by atoms with Gasteiger partial charge in [0.2, 0.25) is 0 Å². The van der Waals surface area contributed by atoms with Crippen molar-refractivity contribution in [3.63, 3.8) is 0 Å². The molecule has 0 heterocycles. The second kappa shape index (κ2) is 4.40. The van der Waals surface area contributed by atoms with Gasteiger partial charge >= 0.3 is 0 Å². The van der Waals surface area contributed by atoms with E-state index in [2.05, 4.69) is 0 Å². The minimum atomic E-state index is -3.66. The quantitative estimate of drug-likeness (QED) is 0.872. The molecule has 0 saturated carbocycles. The van der Waals surface area contributed by atoms with Crippen molar-refractivity contribution in [1.29, 1.82) is 0 Å². The summed E-state index contributed by atoms with van der Waals surface area (Å²) in [5, 5.41) is 9.36. The number of hydrogen-bond acceptors (Lipinski definition) is 5. The lowest BCUT2D eigenvalue weighted by atomic mass is 10.1. The van der Waals surface area contributed by atoms with Gasteiger partial charge in [-0.25, -0.2) is 16.8 Å². The van der Waals surface area contributed by atoms with Gasteiger partial charge in [-0.2, -0.15) is 0 Å². The van der Waals surface area contributed by atoms with Crippen LogP contribution < -0.4 is 0 Å². The second-order valence-electron chi connectivity index (χ2n) is 3.93. The Morgan fingerprint density at radius 3 is 1.82 bits per heavy atom. The second-order valence-corrected chi connectivity index (χ2v) is 7.89. The summed E-state index contributed by atoms with van der Waals surface area (Å²) in [4.78, 5) is -0.525. The summed E-state index contributed by atoms with van der Waals surface area (Å²) in [6.07, 6.45) is 1.02. The molecule has 0 radical (unpaired) electrons. The predicted octanol–water partition coefficient (Wildman–Crippen LogP) is 0.547. The molecule has 0 aliphatic rings. The molecule has 5 nitrogen and oxygen atoms in total. The third kappa shape index (κ3) is 3.27. The van der Waals surface area contributed by atoms with Crippen LogP contribution in [0, 0.1) is 0 Å². The van der Waals surface area contributed by atoms with E-state index >= 15 is 0 Å². The Hall–Kier alpha value is -0.920. The molecule has 0 aliphatic heterocycles. The molecule has 1 rings (SSSR count). The average molecular weight is 278 g/mol. The van der Waals surface area contributed by atoms with Gasteiger partial charge < -0.3 is 5.11 Å². The van der Waals surface area contributed by atoms with Crippen LogP contribution in [0.4, 0.5) is 0 Å². The topological polar surface area (TPSA) is 88.5 Å². The zero-order valence-electron chi connectivity index (χ0n) is 9.71. The Morgan fingerprint density at radius 1 is 1.00 bits per heavy atom. The van der Waals surface area contributed by atoms with E-state index in [-0.39, 0.29) is 9.79 Å². The first-order valence-corrected chi connectivity index (χ1v) is 8.54. The first-order valence-electron chi connectivity index (χ1n) is 4.75. The molecule has 1 aromatic rings. The molecule has 7 heteroatoms. The van der Waals surface area contributed by atoms with Crippen molar-refractivity contribution in [2.75, 3.05) is 12.5 Å². The Labute approximate surface area is 101 Å². The highest BCUT2D eigenvalue weighted by molar-refractivity contribution is 7.93. The first-order chi connectivity index (χ1) is 7.53. The standard InChI is InChI=1S/C10H14O5S2/c1-7(11)8-4-5-9(16(2,12)13)10(6-8)17(3,14)15/h4-7,11H,1-3H3. The molecule has 0 bridgehead atoms. The highest BCUT2D eigenvalue weighted by Gasteiger charge is 2.21. The normalized spacial score (nSPS) is 14.6. The maximum absolute atomic E-state index is 11.5. The van der Waals surface area contributed by atoms with Crippen LogP contribution in [0.5, 0.6) is 0 Å². The van der Waals surface area contributed by atoms with Crippen LogP contribution in [0.2, 0.25) is 0 Å². The van der Waals surface area contributed by atoms with Crippen LogP contribution in [0.1, 0.15) is 18.6 Å². The molecule has 0 spiro atoms. The van der Waals surface area contributed by atoms with Crippen molar-refractivity contribution >= 4 is 19.7 Å². The molecular weight excluding hydrogens is 264 g/mol. The van der Waals surface area contributed by atoms with Gasteiger partial charge in [-0.15, -0.1) is 0 Å². The van der Waals surface area contributed by atoms with Crippen LogP contribution >= 0.6 is 0 Å². The Kier molecular flexibility index (Phi) is 3.66.